The van der Waals surface area contributed by atoms with E-state index in [0.29, 0.717) is 0 Å². The van der Waals surface area contributed by atoms with Crippen LogP contribution in [0.1, 0.15) is 12.0 Å². The standard InChI is InChI=1S/C14H18N4/c15-13-3-2-12-4-8-18(14(12)10-13)7-1-6-17-9-5-16-11-17/h2-3,5,9-11H,1,4,6-8,15H2. The molecule has 0 saturated carbocycles. The molecule has 3 rings (SSSR count). The van der Waals surface area contributed by atoms with Gasteiger partial charge in [0, 0.05) is 43.4 Å². The normalized spacial score (nSPS) is 13.9. The second-order valence-corrected chi connectivity index (χ2v) is 4.78. The predicted octanol–water partition coefficient (Wildman–Crippen LogP) is 1.92. The van der Waals surface area contributed by atoms with Gasteiger partial charge in [0.1, 0.15) is 0 Å². The molecule has 0 fully saturated rings. The molecule has 2 N–H and O–H groups in total. The van der Waals surface area contributed by atoms with Gasteiger partial charge in [0.25, 0.3) is 0 Å². The zero-order valence-corrected chi connectivity index (χ0v) is 10.4. The minimum atomic E-state index is 0.857. The maximum atomic E-state index is 5.86. The number of fused-ring (bicyclic) bond motifs is 1. The fourth-order valence-corrected chi connectivity index (χ4v) is 2.56. The highest BCUT2D eigenvalue weighted by atomic mass is 15.1. The Bertz CT molecular complexity index is 519. The van der Waals surface area contributed by atoms with Gasteiger partial charge in [-0.25, -0.2) is 4.98 Å². The monoisotopic (exact) mass is 242 g/mol. The summed E-state index contributed by atoms with van der Waals surface area (Å²) >= 11 is 0. The minimum Gasteiger partial charge on any atom is -0.399 e. The van der Waals surface area contributed by atoms with Crippen molar-refractivity contribution in [3.8, 4) is 0 Å². The van der Waals surface area contributed by atoms with Crippen LogP contribution in [0.5, 0.6) is 0 Å². The third kappa shape index (κ3) is 2.18. The van der Waals surface area contributed by atoms with Crippen LogP contribution >= 0.6 is 0 Å². The van der Waals surface area contributed by atoms with Gasteiger partial charge in [0.15, 0.2) is 0 Å². The van der Waals surface area contributed by atoms with Crippen LogP contribution in [-0.4, -0.2) is 22.6 Å². The van der Waals surface area contributed by atoms with Crippen molar-refractivity contribution in [2.75, 3.05) is 23.7 Å². The van der Waals surface area contributed by atoms with E-state index in [9.17, 15) is 0 Å². The fraction of sp³-hybridized carbons (Fsp3) is 0.357. The first-order chi connectivity index (χ1) is 8.83. The van der Waals surface area contributed by atoms with E-state index in [1.54, 1.807) is 0 Å². The maximum Gasteiger partial charge on any atom is 0.0945 e. The van der Waals surface area contributed by atoms with Crippen LogP contribution in [-0.2, 0) is 13.0 Å². The Hall–Kier alpha value is -1.97. The summed E-state index contributed by atoms with van der Waals surface area (Å²) in [7, 11) is 0. The van der Waals surface area contributed by atoms with Gasteiger partial charge in [0.05, 0.1) is 6.33 Å². The molecule has 0 unspecified atom stereocenters. The van der Waals surface area contributed by atoms with Crippen LogP contribution in [0.4, 0.5) is 11.4 Å². The summed E-state index contributed by atoms with van der Waals surface area (Å²) in [5.41, 5.74) is 9.46. The number of rotatable bonds is 4. The molecule has 0 amide bonds. The van der Waals surface area contributed by atoms with Crippen molar-refractivity contribution in [1.82, 2.24) is 9.55 Å². The topological polar surface area (TPSA) is 47.1 Å². The Morgan fingerprint density at radius 3 is 3.06 bits per heavy atom. The van der Waals surface area contributed by atoms with Crippen molar-refractivity contribution in [2.24, 2.45) is 0 Å². The first-order valence-electron chi connectivity index (χ1n) is 6.42. The Balaban J connectivity index is 1.61. The number of nitrogen functional groups attached to an aromatic ring is 1. The lowest BCUT2D eigenvalue weighted by Crippen LogP contribution is -2.22. The van der Waals surface area contributed by atoms with Crippen LogP contribution < -0.4 is 10.6 Å². The van der Waals surface area contributed by atoms with Gasteiger partial charge in [0.2, 0.25) is 0 Å². The molecule has 0 saturated heterocycles. The average Bonchev–Trinajstić information content (AvgIpc) is 2.99. The summed E-state index contributed by atoms with van der Waals surface area (Å²) in [6, 6.07) is 6.24. The van der Waals surface area contributed by atoms with E-state index in [4.69, 9.17) is 5.73 Å². The summed E-state index contributed by atoms with van der Waals surface area (Å²) in [4.78, 5) is 6.49. The van der Waals surface area contributed by atoms with Crippen molar-refractivity contribution in [2.45, 2.75) is 19.4 Å². The highest BCUT2D eigenvalue weighted by Crippen LogP contribution is 2.29. The van der Waals surface area contributed by atoms with Crippen LogP contribution in [0, 0.1) is 0 Å². The zero-order valence-electron chi connectivity index (χ0n) is 10.4. The molecule has 1 aliphatic heterocycles. The number of hydrogen-bond donors (Lipinski definition) is 1. The zero-order chi connectivity index (χ0) is 12.4. The van der Waals surface area contributed by atoms with E-state index in [0.717, 1.165) is 38.2 Å². The van der Waals surface area contributed by atoms with Crippen molar-refractivity contribution >= 4 is 11.4 Å². The molecule has 94 valence electrons. The molecular formula is C14H18N4. The maximum absolute atomic E-state index is 5.86. The van der Waals surface area contributed by atoms with E-state index in [2.05, 4.69) is 26.6 Å². The van der Waals surface area contributed by atoms with Gasteiger partial charge in [-0.2, -0.15) is 0 Å². The molecule has 0 radical (unpaired) electrons. The molecule has 0 atom stereocenters. The molecule has 0 spiro atoms. The lowest BCUT2D eigenvalue weighted by Gasteiger charge is -2.19. The number of imidazole rings is 1. The Labute approximate surface area is 107 Å². The third-order valence-electron chi connectivity index (χ3n) is 3.50. The number of nitrogens with two attached hydrogens (primary N) is 1. The van der Waals surface area contributed by atoms with E-state index >= 15 is 0 Å². The van der Waals surface area contributed by atoms with Crippen LogP contribution in [0.2, 0.25) is 0 Å². The van der Waals surface area contributed by atoms with Gasteiger partial charge in [-0.15, -0.1) is 0 Å². The summed E-state index contributed by atoms with van der Waals surface area (Å²) < 4.78 is 2.12. The number of hydrogen-bond acceptors (Lipinski definition) is 3. The molecule has 1 aliphatic rings. The van der Waals surface area contributed by atoms with E-state index in [-0.39, 0.29) is 0 Å². The highest BCUT2D eigenvalue weighted by Gasteiger charge is 2.18. The second kappa shape index (κ2) is 4.72. The molecule has 1 aromatic heterocycles. The van der Waals surface area contributed by atoms with E-state index < -0.39 is 0 Å². The first-order valence-corrected chi connectivity index (χ1v) is 6.42. The molecule has 4 heteroatoms. The molecule has 2 aromatic rings. The van der Waals surface area contributed by atoms with Crippen LogP contribution in [0.25, 0.3) is 0 Å². The summed E-state index contributed by atoms with van der Waals surface area (Å²) in [6.45, 7) is 3.21. The van der Waals surface area contributed by atoms with Gasteiger partial charge in [-0.1, -0.05) is 6.07 Å². The third-order valence-corrected chi connectivity index (χ3v) is 3.50. The molecular weight excluding hydrogens is 224 g/mol. The lowest BCUT2D eigenvalue weighted by atomic mass is 10.1. The number of benzene rings is 1. The van der Waals surface area contributed by atoms with E-state index in [1.807, 2.05) is 24.8 Å². The van der Waals surface area contributed by atoms with Crippen molar-refractivity contribution < 1.29 is 0 Å². The molecule has 1 aromatic carbocycles. The smallest absolute Gasteiger partial charge is 0.0945 e. The largest absolute Gasteiger partial charge is 0.399 e. The summed E-state index contributed by atoms with van der Waals surface area (Å²) in [5.74, 6) is 0. The molecule has 2 heterocycles. The highest BCUT2D eigenvalue weighted by molar-refractivity contribution is 5.64. The molecule has 4 nitrogen and oxygen atoms in total. The predicted molar refractivity (Wildman–Crippen MR) is 73.6 cm³/mol. The van der Waals surface area contributed by atoms with Gasteiger partial charge >= 0.3 is 0 Å². The van der Waals surface area contributed by atoms with Gasteiger partial charge < -0.3 is 15.2 Å². The number of aromatic nitrogens is 2. The second-order valence-electron chi connectivity index (χ2n) is 4.78. The molecule has 18 heavy (non-hydrogen) atoms. The quantitative estimate of drug-likeness (QED) is 0.833. The van der Waals surface area contributed by atoms with Crippen molar-refractivity contribution in [3.05, 3.63) is 42.5 Å². The number of anilines is 2. The van der Waals surface area contributed by atoms with Crippen LogP contribution in [0.3, 0.4) is 0 Å². The lowest BCUT2D eigenvalue weighted by molar-refractivity contribution is 0.629. The Morgan fingerprint density at radius 1 is 1.28 bits per heavy atom. The Morgan fingerprint density at radius 2 is 2.22 bits per heavy atom. The summed E-state index contributed by atoms with van der Waals surface area (Å²) in [5, 5.41) is 0. The van der Waals surface area contributed by atoms with E-state index in [1.165, 1.54) is 11.3 Å². The fourth-order valence-electron chi connectivity index (χ4n) is 2.56. The number of nitrogens with zero attached hydrogens (tertiary/aromatic N) is 3. The summed E-state index contributed by atoms with van der Waals surface area (Å²) in [6.07, 6.45) is 7.98. The van der Waals surface area contributed by atoms with Crippen LogP contribution in [0.15, 0.2) is 36.9 Å². The molecule has 0 aliphatic carbocycles. The SMILES string of the molecule is Nc1ccc2c(c1)N(CCCn1ccnc1)CC2. The molecule has 0 bridgehead atoms. The van der Waals surface area contributed by atoms with Crippen molar-refractivity contribution in [3.63, 3.8) is 0 Å². The van der Waals surface area contributed by atoms with Gasteiger partial charge in [-0.3, -0.25) is 0 Å². The first kappa shape index (κ1) is 11.1. The Kier molecular flexibility index (Phi) is 2.92. The minimum absolute atomic E-state index is 0.857. The van der Waals surface area contributed by atoms with Gasteiger partial charge in [-0.05, 0) is 30.5 Å². The number of aryl methyl sites for hydroxylation is 1. The average molecular weight is 242 g/mol. The van der Waals surface area contributed by atoms with Crippen molar-refractivity contribution in [1.29, 1.82) is 0 Å².